The summed E-state index contributed by atoms with van der Waals surface area (Å²) < 4.78 is 42.0. The molecule has 1 fully saturated rings. The Labute approximate surface area is 214 Å². The predicted octanol–water partition coefficient (Wildman–Crippen LogP) is 0.707. The van der Waals surface area contributed by atoms with Crippen molar-refractivity contribution in [2.45, 2.75) is 71.2 Å². The molecule has 2 heterocycles. The molecule has 1 aromatic rings. The molecule has 206 valence electrons. The number of carboxylic acids is 1. The summed E-state index contributed by atoms with van der Waals surface area (Å²) in [5.41, 5.74) is -0.0666. The van der Waals surface area contributed by atoms with Gasteiger partial charge >= 0.3 is 37.8 Å². The van der Waals surface area contributed by atoms with Crippen LogP contribution in [0.4, 0.5) is 0 Å². The summed E-state index contributed by atoms with van der Waals surface area (Å²) in [7, 11) is -2.70. The van der Waals surface area contributed by atoms with E-state index in [1.54, 1.807) is 13.8 Å². The monoisotopic (exact) mass is 546 g/mol. The van der Waals surface area contributed by atoms with Crippen molar-refractivity contribution in [1.29, 1.82) is 0 Å². The molecule has 3 N–H and O–H groups in total. The number of hydrogen-bond donors (Lipinski definition) is 3. The maximum Gasteiger partial charge on any atom is 0.341 e. The Morgan fingerprint density at radius 1 is 1.11 bits per heavy atom. The third kappa shape index (κ3) is 8.58. The Kier molecular flexibility index (Phi) is 10.7. The normalized spacial score (nSPS) is 23.6. The molecule has 1 unspecified atom stereocenters. The van der Waals surface area contributed by atoms with Crippen molar-refractivity contribution in [1.82, 2.24) is 10.2 Å². The van der Waals surface area contributed by atoms with Crippen LogP contribution in [0.2, 0.25) is 0 Å². The number of hydrogen-bond acceptors (Lipinski definition) is 10. The first-order chi connectivity index (χ1) is 17.3. The third-order valence-corrected chi connectivity index (χ3v) is 7.12. The summed E-state index contributed by atoms with van der Waals surface area (Å²) in [6.07, 6.45) is -1.84. The van der Waals surface area contributed by atoms with E-state index in [1.165, 1.54) is 43.1 Å². The van der Waals surface area contributed by atoms with E-state index in [-0.39, 0.29) is 11.6 Å². The highest BCUT2D eigenvalue weighted by atomic mass is 31.2. The number of carbonyl (C=O) groups excluding carboxylic acids is 3. The molecule has 14 nitrogen and oxygen atoms in total. The van der Waals surface area contributed by atoms with Gasteiger partial charge in [-0.2, -0.15) is 4.57 Å². The second-order valence-corrected chi connectivity index (χ2v) is 10.4. The van der Waals surface area contributed by atoms with Crippen molar-refractivity contribution in [3.05, 3.63) is 30.1 Å². The Morgan fingerprint density at radius 2 is 1.73 bits per heavy atom. The molecular weight excluding hydrogens is 513 g/mol. The van der Waals surface area contributed by atoms with Gasteiger partial charge < -0.3 is 28.6 Å². The van der Waals surface area contributed by atoms with E-state index in [2.05, 4.69) is 14.9 Å². The van der Waals surface area contributed by atoms with Crippen LogP contribution in [0, 0.1) is 0 Å². The molecule has 0 saturated carbocycles. The molecule has 0 bridgehead atoms. The van der Waals surface area contributed by atoms with Gasteiger partial charge in [-0.05, 0) is 26.8 Å². The van der Waals surface area contributed by atoms with Gasteiger partial charge in [0.25, 0.3) is 0 Å². The zero-order chi connectivity index (χ0) is 27.9. The number of carbonyl (C=O) groups is 4. The van der Waals surface area contributed by atoms with Crippen LogP contribution < -0.4 is 14.7 Å². The Hall–Kier alpha value is -2.90. The van der Waals surface area contributed by atoms with Gasteiger partial charge in [-0.1, -0.05) is 0 Å². The van der Waals surface area contributed by atoms with Crippen molar-refractivity contribution in [2.24, 2.45) is 0 Å². The topological polar surface area (TPSA) is 180 Å². The minimum absolute atomic E-state index is 0.0666. The fourth-order valence-electron chi connectivity index (χ4n) is 3.63. The molecule has 1 saturated heterocycles. The van der Waals surface area contributed by atoms with Gasteiger partial charge in [0.2, 0.25) is 6.10 Å². The van der Waals surface area contributed by atoms with Gasteiger partial charge in [-0.3, -0.25) is 18.9 Å². The summed E-state index contributed by atoms with van der Waals surface area (Å²) in [6.45, 7) is 6.75. The number of nitrogens with zero attached hydrogens (tertiary/aromatic N) is 1. The molecule has 2 rings (SSSR count). The summed E-state index contributed by atoms with van der Waals surface area (Å²) in [4.78, 5) is 47.1. The summed E-state index contributed by atoms with van der Waals surface area (Å²) in [5.74, 6) is -3.28. The van der Waals surface area contributed by atoms with Crippen molar-refractivity contribution in [2.75, 3.05) is 13.7 Å². The number of aromatic carboxylic acids is 1. The lowest BCUT2D eigenvalue weighted by Crippen LogP contribution is -2.48. The smallest absolute Gasteiger partial charge is 0.341 e. The van der Waals surface area contributed by atoms with Crippen LogP contribution in [0.25, 0.3) is 0 Å². The van der Waals surface area contributed by atoms with Crippen LogP contribution in [-0.4, -0.2) is 73.1 Å². The quantitative estimate of drug-likeness (QED) is 0.144. The van der Waals surface area contributed by atoms with Gasteiger partial charge in [0, 0.05) is 26.0 Å². The third-order valence-electron chi connectivity index (χ3n) is 5.02. The second kappa shape index (κ2) is 13.1. The maximum atomic E-state index is 13.5. The molecule has 1 aromatic heterocycles. The molecule has 0 amide bonds. The SMILES string of the molecule is COC(=O)[C@H](C)NP(=O)(NC(C)C)OC[C@H]1O[C@@H]([n+]2cccc(C(=O)O)c2)[C@H](OC(C)=O)[C@@H]1OC(C)=O. The van der Waals surface area contributed by atoms with Crippen molar-refractivity contribution < 1.29 is 56.9 Å². The van der Waals surface area contributed by atoms with Crippen LogP contribution in [0.15, 0.2) is 24.5 Å². The minimum Gasteiger partial charge on any atom is -0.477 e. The number of aromatic nitrogens is 1. The van der Waals surface area contributed by atoms with Gasteiger partial charge in [0.15, 0.2) is 18.5 Å². The van der Waals surface area contributed by atoms with E-state index in [1.807, 2.05) is 0 Å². The lowest BCUT2D eigenvalue weighted by molar-refractivity contribution is -0.765. The summed E-state index contributed by atoms with van der Waals surface area (Å²) in [6, 6.07) is 1.50. The van der Waals surface area contributed by atoms with E-state index >= 15 is 0 Å². The Morgan fingerprint density at radius 3 is 2.27 bits per heavy atom. The number of carboxylic acid groups (broad SMARTS) is 1. The van der Waals surface area contributed by atoms with Crippen LogP contribution in [0.1, 0.15) is 51.2 Å². The highest BCUT2D eigenvalue weighted by Gasteiger charge is 2.55. The van der Waals surface area contributed by atoms with Crippen LogP contribution in [0.5, 0.6) is 0 Å². The van der Waals surface area contributed by atoms with Gasteiger partial charge in [-0.25, -0.2) is 15.0 Å². The zero-order valence-corrected chi connectivity index (χ0v) is 22.3. The van der Waals surface area contributed by atoms with Gasteiger partial charge in [-0.15, -0.1) is 0 Å². The number of methoxy groups -OCH3 is 1. The van der Waals surface area contributed by atoms with E-state index in [4.69, 9.17) is 18.7 Å². The highest BCUT2D eigenvalue weighted by Crippen LogP contribution is 2.41. The first-order valence-corrected chi connectivity index (χ1v) is 13.0. The number of esters is 3. The van der Waals surface area contributed by atoms with Crippen LogP contribution in [0.3, 0.4) is 0 Å². The highest BCUT2D eigenvalue weighted by molar-refractivity contribution is 7.54. The van der Waals surface area contributed by atoms with E-state index in [0.717, 1.165) is 13.8 Å². The zero-order valence-electron chi connectivity index (χ0n) is 21.4. The second-order valence-electron chi connectivity index (χ2n) is 8.56. The number of pyridine rings is 1. The average molecular weight is 546 g/mol. The van der Waals surface area contributed by atoms with Crippen LogP contribution in [-0.2, 0) is 42.4 Å². The standard InChI is InChI=1S/C22H32N3O11P/c1-12(2)23-37(31,24-13(3)22(30)32-6)33-11-17-18(34-14(4)26)19(35-15(5)27)20(36-17)25-9-7-8-16(10-25)21(28)29/h7-10,12-13,17-20H,11H2,1-6H3,(H2-,23,24,28,29,31)/p+1/t13-,17+,18+,19+,20+,37?/m0/s1. The van der Waals surface area contributed by atoms with Crippen molar-refractivity contribution in [3.63, 3.8) is 0 Å². The number of ether oxygens (including phenoxy) is 4. The molecule has 0 radical (unpaired) electrons. The number of rotatable bonds is 12. The fourth-order valence-corrected chi connectivity index (χ4v) is 5.50. The molecule has 0 aromatic carbocycles. The van der Waals surface area contributed by atoms with E-state index in [9.17, 15) is 28.8 Å². The maximum absolute atomic E-state index is 13.5. The summed E-state index contributed by atoms with van der Waals surface area (Å²) in [5, 5.41) is 14.7. The predicted molar refractivity (Wildman–Crippen MR) is 125 cm³/mol. The minimum atomic E-state index is -3.89. The lowest BCUT2D eigenvalue weighted by atomic mass is 10.1. The molecule has 1 aliphatic heterocycles. The first kappa shape index (κ1) is 30.3. The average Bonchev–Trinajstić information content (AvgIpc) is 3.12. The Bertz CT molecular complexity index is 1050. The fraction of sp³-hybridized carbons (Fsp3) is 0.591. The van der Waals surface area contributed by atoms with Gasteiger partial charge in [0.1, 0.15) is 17.7 Å². The molecule has 0 aliphatic carbocycles. The molecule has 0 spiro atoms. The largest absolute Gasteiger partial charge is 0.477 e. The molecule has 37 heavy (non-hydrogen) atoms. The van der Waals surface area contributed by atoms with E-state index < -0.39 is 68.7 Å². The Balaban J connectivity index is 2.38. The lowest BCUT2D eigenvalue weighted by Gasteiger charge is -2.27. The molecule has 6 atom stereocenters. The van der Waals surface area contributed by atoms with E-state index in [0.29, 0.717) is 0 Å². The van der Waals surface area contributed by atoms with Crippen LogP contribution >= 0.6 is 7.67 Å². The molecule has 15 heteroatoms. The van der Waals surface area contributed by atoms with Gasteiger partial charge in [0.05, 0.1) is 13.7 Å². The first-order valence-electron chi connectivity index (χ1n) is 11.4. The summed E-state index contributed by atoms with van der Waals surface area (Å²) >= 11 is 0. The molecular formula is C22H33N3O11P+. The van der Waals surface area contributed by atoms with Crippen molar-refractivity contribution >= 4 is 31.5 Å². The number of nitrogens with one attached hydrogen (secondary N) is 2. The van der Waals surface area contributed by atoms with Crippen molar-refractivity contribution in [3.8, 4) is 0 Å². The molecule has 1 aliphatic rings.